The van der Waals surface area contributed by atoms with Crippen molar-refractivity contribution >= 4 is 29.1 Å². The van der Waals surface area contributed by atoms with Crippen LogP contribution in [0.25, 0.3) is 0 Å². The molecule has 0 bridgehead atoms. The lowest BCUT2D eigenvalue weighted by Crippen LogP contribution is -2.41. The van der Waals surface area contributed by atoms with Gasteiger partial charge in [-0.15, -0.1) is 0 Å². The highest BCUT2D eigenvalue weighted by atomic mass is 35.5. The zero-order valence-corrected chi connectivity index (χ0v) is 17.5. The highest BCUT2D eigenvalue weighted by molar-refractivity contribution is 6.35. The third kappa shape index (κ3) is 4.37. The Morgan fingerprint density at radius 3 is 2.46 bits per heavy atom. The number of halogens is 2. The van der Waals surface area contributed by atoms with Gasteiger partial charge in [-0.1, -0.05) is 53.5 Å². The first-order valence-corrected chi connectivity index (χ1v) is 10.9. The molecule has 0 saturated carbocycles. The normalized spacial score (nSPS) is 20.6. The summed E-state index contributed by atoms with van der Waals surface area (Å²) in [4.78, 5) is 15.2. The maximum Gasteiger partial charge on any atom is 0.223 e. The van der Waals surface area contributed by atoms with Crippen LogP contribution in [-0.4, -0.2) is 23.9 Å². The minimum absolute atomic E-state index is 0.0899. The number of amides is 1. The van der Waals surface area contributed by atoms with Gasteiger partial charge < -0.3 is 5.32 Å². The van der Waals surface area contributed by atoms with Gasteiger partial charge in [-0.2, -0.15) is 0 Å². The second-order valence-electron chi connectivity index (χ2n) is 7.90. The smallest absolute Gasteiger partial charge is 0.223 e. The molecule has 1 amide bonds. The molecule has 0 unspecified atom stereocenters. The summed E-state index contributed by atoms with van der Waals surface area (Å²) in [6.07, 6.45) is 5.04. The van der Waals surface area contributed by atoms with Gasteiger partial charge >= 0.3 is 0 Å². The number of nitrogens with zero attached hydrogens (tertiary/aromatic N) is 1. The average Bonchev–Trinajstić information content (AvgIpc) is 2.71. The molecule has 5 heteroatoms. The minimum Gasteiger partial charge on any atom is -0.349 e. The molecule has 3 nitrogen and oxygen atoms in total. The molecular formula is C23H26Cl2N2O. The van der Waals surface area contributed by atoms with E-state index in [1.54, 1.807) is 0 Å². The third-order valence-corrected chi connectivity index (χ3v) is 6.80. The number of aryl methyl sites for hydroxylation is 1. The summed E-state index contributed by atoms with van der Waals surface area (Å²) in [5, 5.41) is 4.75. The first-order chi connectivity index (χ1) is 13.6. The van der Waals surface area contributed by atoms with Crippen molar-refractivity contribution in [3.8, 4) is 0 Å². The summed E-state index contributed by atoms with van der Waals surface area (Å²) >= 11 is 12.6. The van der Waals surface area contributed by atoms with E-state index < -0.39 is 0 Å². The number of benzene rings is 2. The maximum absolute atomic E-state index is 12.9. The van der Waals surface area contributed by atoms with E-state index >= 15 is 0 Å². The fourth-order valence-electron chi connectivity index (χ4n) is 4.45. The van der Waals surface area contributed by atoms with Crippen molar-refractivity contribution in [3.63, 3.8) is 0 Å². The van der Waals surface area contributed by atoms with Gasteiger partial charge in [0.1, 0.15) is 0 Å². The van der Waals surface area contributed by atoms with E-state index in [1.807, 2.05) is 18.2 Å². The van der Waals surface area contributed by atoms with E-state index in [2.05, 4.69) is 34.5 Å². The Kier molecular flexibility index (Phi) is 6.25. The molecule has 1 aliphatic heterocycles. The van der Waals surface area contributed by atoms with Crippen molar-refractivity contribution in [2.24, 2.45) is 5.92 Å². The largest absolute Gasteiger partial charge is 0.349 e. The van der Waals surface area contributed by atoms with Crippen LogP contribution >= 0.6 is 23.2 Å². The zero-order valence-electron chi connectivity index (χ0n) is 16.0. The molecule has 1 aliphatic carbocycles. The van der Waals surface area contributed by atoms with Crippen molar-refractivity contribution < 1.29 is 4.79 Å². The Balaban J connectivity index is 1.32. The third-order valence-electron chi connectivity index (χ3n) is 6.09. The summed E-state index contributed by atoms with van der Waals surface area (Å²) in [6.45, 7) is 2.52. The van der Waals surface area contributed by atoms with Crippen LogP contribution in [0.1, 0.15) is 48.4 Å². The summed E-state index contributed by atoms with van der Waals surface area (Å²) in [7, 11) is 0. The van der Waals surface area contributed by atoms with Crippen molar-refractivity contribution in [1.29, 1.82) is 0 Å². The summed E-state index contributed by atoms with van der Waals surface area (Å²) < 4.78 is 0. The van der Waals surface area contributed by atoms with E-state index in [1.165, 1.54) is 11.1 Å². The second-order valence-corrected chi connectivity index (χ2v) is 8.72. The predicted molar refractivity (Wildman–Crippen MR) is 115 cm³/mol. The van der Waals surface area contributed by atoms with Crippen molar-refractivity contribution in [2.75, 3.05) is 13.1 Å². The van der Waals surface area contributed by atoms with E-state index in [0.29, 0.717) is 10.0 Å². The molecule has 1 fully saturated rings. The lowest BCUT2D eigenvalue weighted by Gasteiger charge is -2.33. The lowest BCUT2D eigenvalue weighted by molar-refractivity contribution is -0.127. The van der Waals surface area contributed by atoms with Crippen molar-refractivity contribution in [2.45, 2.75) is 44.7 Å². The highest BCUT2D eigenvalue weighted by Crippen LogP contribution is 2.31. The van der Waals surface area contributed by atoms with Gasteiger partial charge in [0.05, 0.1) is 6.04 Å². The number of likely N-dealkylation sites (tertiary alicyclic amines) is 1. The molecule has 1 atom stereocenters. The van der Waals surface area contributed by atoms with Crippen LogP contribution in [0.5, 0.6) is 0 Å². The molecule has 0 radical (unpaired) electrons. The Morgan fingerprint density at radius 1 is 1.00 bits per heavy atom. The molecule has 1 N–H and O–H groups in total. The fraction of sp³-hybridized carbons (Fsp3) is 0.435. The van der Waals surface area contributed by atoms with Crippen LogP contribution in [0.2, 0.25) is 10.0 Å². The average molecular weight is 417 g/mol. The Labute approximate surface area is 177 Å². The second kappa shape index (κ2) is 8.86. The molecule has 148 valence electrons. The van der Waals surface area contributed by atoms with Crippen LogP contribution in [0.3, 0.4) is 0 Å². The van der Waals surface area contributed by atoms with Crippen LogP contribution in [0.15, 0.2) is 42.5 Å². The van der Waals surface area contributed by atoms with E-state index in [9.17, 15) is 4.79 Å². The van der Waals surface area contributed by atoms with Gasteiger partial charge in [0.25, 0.3) is 0 Å². The Hall–Kier alpha value is -1.55. The number of rotatable bonds is 4. The van der Waals surface area contributed by atoms with Gasteiger partial charge in [0.2, 0.25) is 5.91 Å². The van der Waals surface area contributed by atoms with Crippen molar-refractivity contribution in [3.05, 3.63) is 69.2 Å². The minimum atomic E-state index is 0.0899. The molecule has 1 heterocycles. The molecule has 2 aliphatic rings. The predicted octanol–water partition coefficient (Wildman–Crippen LogP) is 5.40. The zero-order chi connectivity index (χ0) is 19.5. The van der Waals surface area contributed by atoms with Crippen molar-refractivity contribution in [1.82, 2.24) is 10.2 Å². The lowest BCUT2D eigenvalue weighted by atomic mass is 9.87. The molecule has 1 saturated heterocycles. The van der Waals surface area contributed by atoms with Gasteiger partial charge in [0.15, 0.2) is 0 Å². The monoisotopic (exact) mass is 416 g/mol. The number of hydrogen-bond acceptors (Lipinski definition) is 2. The number of carbonyl (C=O) groups excluding carboxylic acids is 1. The molecule has 28 heavy (non-hydrogen) atoms. The summed E-state index contributed by atoms with van der Waals surface area (Å²) in [5.74, 6) is 0.296. The van der Waals surface area contributed by atoms with Crippen LogP contribution in [-0.2, 0) is 17.8 Å². The van der Waals surface area contributed by atoms with Crippen LogP contribution in [0, 0.1) is 5.92 Å². The van der Waals surface area contributed by atoms with E-state index in [-0.39, 0.29) is 17.9 Å². The molecule has 4 rings (SSSR count). The molecule has 2 aromatic rings. The first kappa shape index (κ1) is 19.8. The molecule has 2 aromatic carbocycles. The number of fused-ring (bicyclic) bond motifs is 1. The number of nitrogens with one attached hydrogen (secondary N) is 1. The number of piperidine rings is 1. The maximum atomic E-state index is 12.9. The highest BCUT2D eigenvalue weighted by Gasteiger charge is 2.28. The standard InChI is InChI=1S/C23H26Cl2N2O/c24-20-8-4-9-21(25)19(20)15-27-13-11-17(12-14-27)23(28)26-22-10-3-6-16-5-1-2-7-18(16)22/h1-2,4-5,7-9,17,22H,3,6,10-15H2,(H,26,28)/t22-/m0/s1. The van der Waals surface area contributed by atoms with Crippen LogP contribution in [0.4, 0.5) is 0 Å². The SMILES string of the molecule is O=C(N[C@H]1CCCc2ccccc21)C1CCN(Cc2c(Cl)cccc2Cl)CC1. The fourth-order valence-corrected chi connectivity index (χ4v) is 4.97. The topological polar surface area (TPSA) is 32.3 Å². The molecule has 0 spiro atoms. The molecule has 0 aromatic heterocycles. The number of hydrogen-bond donors (Lipinski definition) is 1. The molecular weight excluding hydrogens is 391 g/mol. The summed E-state index contributed by atoms with van der Waals surface area (Å²) in [5.41, 5.74) is 3.66. The van der Waals surface area contributed by atoms with Gasteiger partial charge in [-0.25, -0.2) is 0 Å². The quantitative estimate of drug-likeness (QED) is 0.723. The van der Waals surface area contributed by atoms with Gasteiger partial charge in [-0.05, 0) is 68.5 Å². The Morgan fingerprint density at radius 2 is 1.71 bits per heavy atom. The van der Waals surface area contributed by atoms with E-state index in [0.717, 1.165) is 57.3 Å². The van der Waals surface area contributed by atoms with E-state index in [4.69, 9.17) is 23.2 Å². The van der Waals surface area contributed by atoms with Crippen LogP contribution < -0.4 is 5.32 Å². The van der Waals surface area contributed by atoms with Gasteiger partial charge in [-0.3, -0.25) is 9.69 Å². The Bertz CT molecular complexity index is 826. The number of carbonyl (C=O) groups is 1. The van der Waals surface area contributed by atoms with Gasteiger partial charge in [0, 0.05) is 28.1 Å². The first-order valence-electron chi connectivity index (χ1n) is 10.2. The summed E-state index contributed by atoms with van der Waals surface area (Å²) in [6, 6.07) is 14.3.